The molecule has 3 N–H and O–H groups in total. The van der Waals surface area contributed by atoms with Gasteiger partial charge in [0.25, 0.3) is 5.91 Å². The predicted octanol–water partition coefficient (Wildman–Crippen LogP) is 4.21. The summed E-state index contributed by atoms with van der Waals surface area (Å²) in [4.78, 5) is 48.2. The van der Waals surface area contributed by atoms with E-state index in [2.05, 4.69) is 10.6 Å². The second-order valence-corrected chi connectivity index (χ2v) is 8.77. The van der Waals surface area contributed by atoms with Crippen LogP contribution in [0.5, 0.6) is 11.5 Å². The first-order chi connectivity index (χ1) is 17.0. The van der Waals surface area contributed by atoms with Crippen LogP contribution in [0.2, 0.25) is 0 Å². The first-order valence-corrected chi connectivity index (χ1v) is 11.6. The van der Waals surface area contributed by atoms with Crippen molar-refractivity contribution in [2.45, 2.75) is 34.6 Å². The minimum atomic E-state index is -1.12. The largest absolute Gasteiger partial charge is 0.491 e. The van der Waals surface area contributed by atoms with Gasteiger partial charge in [-0.1, -0.05) is 27.7 Å². The number of rotatable bonds is 11. The fraction of sp³-hybridized carbons (Fsp3) is 0.385. The number of ether oxygens (including phenoxy) is 3. The molecule has 0 bridgehead atoms. The summed E-state index contributed by atoms with van der Waals surface area (Å²) in [7, 11) is 0. The molecule has 36 heavy (non-hydrogen) atoms. The number of anilines is 2. The molecule has 0 saturated carbocycles. The zero-order valence-corrected chi connectivity index (χ0v) is 21.0. The van der Waals surface area contributed by atoms with E-state index in [1.807, 2.05) is 27.7 Å². The molecule has 0 unspecified atom stereocenters. The maximum absolute atomic E-state index is 13.0. The molecular weight excluding hydrogens is 468 g/mol. The van der Waals surface area contributed by atoms with Gasteiger partial charge in [0.15, 0.2) is 0 Å². The van der Waals surface area contributed by atoms with Gasteiger partial charge in [0.1, 0.15) is 11.5 Å². The number of hydrogen-bond donors (Lipinski definition) is 3. The van der Waals surface area contributed by atoms with Gasteiger partial charge in [-0.15, -0.1) is 0 Å². The average molecular weight is 501 g/mol. The van der Waals surface area contributed by atoms with Crippen molar-refractivity contribution in [2.75, 3.05) is 30.5 Å². The number of carbonyl (C=O) groups is 4. The molecule has 0 spiro atoms. The van der Waals surface area contributed by atoms with Gasteiger partial charge in [0.05, 0.1) is 36.8 Å². The number of carbonyl (C=O) groups excluding carboxylic acids is 3. The van der Waals surface area contributed by atoms with Crippen molar-refractivity contribution in [3.8, 4) is 11.5 Å². The van der Waals surface area contributed by atoms with E-state index < -0.39 is 23.8 Å². The number of esters is 1. The van der Waals surface area contributed by atoms with Crippen LogP contribution in [-0.2, 0) is 14.3 Å². The van der Waals surface area contributed by atoms with E-state index in [-0.39, 0.29) is 46.8 Å². The molecule has 0 aliphatic rings. The van der Waals surface area contributed by atoms with Gasteiger partial charge < -0.3 is 30.0 Å². The number of amides is 2. The standard InChI is InChI=1S/C26H32N2O8/c1-6-34-26(33)24(30)28-20-9-7-17(11-21(20)35-13-15(2)3)23(29)27-19-10-8-18(25(31)32)12-22(19)36-14-16(4)5/h7-12,15-16H,6,13-14H2,1-5H3,(H,27,29)(H,28,30)(H,31,32). The van der Waals surface area contributed by atoms with Gasteiger partial charge >= 0.3 is 17.8 Å². The molecule has 2 amide bonds. The Bertz CT molecular complexity index is 1110. The highest BCUT2D eigenvalue weighted by Crippen LogP contribution is 2.30. The number of nitrogens with one attached hydrogen (secondary N) is 2. The van der Waals surface area contributed by atoms with Crippen molar-refractivity contribution in [1.82, 2.24) is 0 Å². The third kappa shape index (κ3) is 8.30. The molecule has 0 aliphatic heterocycles. The lowest BCUT2D eigenvalue weighted by Crippen LogP contribution is -2.25. The highest BCUT2D eigenvalue weighted by Gasteiger charge is 2.20. The van der Waals surface area contributed by atoms with E-state index in [0.717, 1.165) is 0 Å². The second kappa shape index (κ2) is 13.1. The Morgan fingerprint density at radius 1 is 0.806 bits per heavy atom. The summed E-state index contributed by atoms with van der Waals surface area (Å²) in [5.41, 5.74) is 0.741. The molecule has 0 aromatic heterocycles. The highest BCUT2D eigenvalue weighted by atomic mass is 16.5. The number of aromatic carboxylic acids is 1. The summed E-state index contributed by atoms with van der Waals surface area (Å²) in [5, 5.41) is 14.5. The molecule has 2 aromatic carbocycles. The van der Waals surface area contributed by atoms with Crippen molar-refractivity contribution in [3.63, 3.8) is 0 Å². The molecule has 0 aliphatic carbocycles. The second-order valence-electron chi connectivity index (χ2n) is 8.77. The maximum atomic E-state index is 13.0. The van der Waals surface area contributed by atoms with Crippen LogP contribution in [0.1, 0.15) is 55.3 Å². The Labute approximate surface area is 209 Å². The number of benzene rings is 2. The van der Waals surface area contributed by atoms with E-state index in [1.165, 1.54) is 36.4 Å². The lowest BCUT2D eigenvalue weighted by atomic mass is 10.1. The topological polar surface area (TPSA) is 140 Å². The Morgan fingerprint density at radius 3 is 1.81 bits per heavy atom. The van der Waals surface area contributed by atoms with Crippen molar-refractivity contribution < 1.29 is 38.5 Å². The van der Waals surface area contributed by atoms with Gasteiger partial charge in [-0.05, 0) is 55.2 Å². The molecule has 10 nitrogen and oxygen atoms in total. The molecule has 0 fully saturated rings. The Balaban J connectivity index is 2.32. The summed E-state index contributed by atoms with van der Waals surface area (Å²) in [5.74, 6) is -2.86. The Hall–Kier alpha value is -4.08. The van der Waals surface area contributed by atoms with Crippen LogP contribution in [0.25, 0.3) is 0 Å². The molecule has 194 valence electrons. The summed E-state index contributed by atoms with van der Waals surface area (Å²) in [6, 6.07) is 8.53. The smallest absolute Gasteiger partial charge is 0.397 e. The van der Waals surface area contributed by atoms with Crippen molar-refractivity contribution in [3.05, 3.63) is 47.5 Å². The van der Waals surface area contributed by atoms with E-state index in [1.54, 1.807) is 6.92 Å². The van der Waals surface area contributed by atoms with Crippen LogP contribution >= 0.6 is 0 Å². The van der Waals surface area contributed by atoms with Crippen LogP contribution in [0.4, 0.5) is 11.4 Å². The summed E-state index contributed by atoms with van der Waals surface area (Å²) >= 11 is 0. The van der Waals surface area contributed by atoms with Gasteiger partial charge in [-0.3, -0.25) is 9.59 Å². The fourth-order valence-electron chi connectivity index (χ4n) is 2.84. The van der Waals surface area contributed by atoms with E-state index >= 15 is 0 Å². The lowest BCUT2D eigenvalue weighted by molar-refractivity contribution is -0.152. The monoisotopic (exact) mass is 500 g/mol. The van der Waals surface area contributed by atoms with Gasteiger partial charge in [-0.25, -0.2) is 9.59 Å². The van der Waals surface area contributed by atoms with Gasteiger partial charge in [-0.2, -0.15) is 0 Å². The quantitative estimate of drug-likeness (QED) is 0.308. The molecule has 0 radical (unpaired) electrons. The van der Waals surface area contributed by atoms with Crippen molar-refractivity contribution >= 4 is 35.1 Å². The number of carboxylic acids is 1. The van der Waals surface area contributed by atoms with Crippen LogP contribution < -0.4 is 20.1 Å². The zero-order valence-electron chi connectivity index (χ0n) is 21.0. The van der Waals surface area contributed by atoms with E-state index in [9.17, 15) is 24.3 Å². The van der Waals surface area contributed by atoms with Gasteiger partial charge in [0.2, 0.25) is 0 Å². The summed E-state index contributed by atoms with van der Waals surface area (Å²) < 4.78 is 16.2. The first kappa shape index (κ1) is 28.2. The summed E-state index contributed by atoms with van der Waals surface area (Å²) in [6.07, 6.45) is 0. The molecular formula is C26H32N2O8. The fourth-order valence-corrected chi connectivity index (χ4v) is 2.84. The van der Waals surface area contributed by atoms with Crippen LogP contribution in [0.15, 0.2) is 36.4 Å². The molecule has 2 aromatic rings. The minimum Gasteiger partial charge on any atom is -0.491 e. The normalized spacial score (nSPS) is 10.6. The summed E-state index contributed by atoms with van der Waals surface area (Å²) in [6.45, 7) is 10.0. The Morgan fingerprint density at radius 2 is 1.31 bits per heavy atom. The van der Waals surface area contributed by atoms with Crippen LogP contribution in [0.3, 0.4) is 0 Å². The number of hydrogen-bond acceptors (Lipinski definition) is 7. The lowest BCUT2D eigenvalue weighted by Gasteiger charge is -2.17. The third-order valence-corrected chi connectivity index (χ3v) is 4.57. The van der Waals surface area contributed by atoms with Gasteiger partial charge in [0, 0.05) is 5.56 Å². The molecule has 0 saturated heterocycles. The van der Waals surface area contributed by atoms with Crippen molar-refractivity contribution in [2.24, 2.45) is 11.8 Å². The first-order valence-electron chi connectivity index (χ1n) is 11.6. The zero-order chi connectivity index (χ0) is 26.8. The highest BCUT2D eigenvalue weighted by molar-refractivity contribution is 6.37. The third-order valence-electron chi connectivity index (χ3n) is 4.57. The predicted molar refractivity (Wildman–Crippen MR) is 134 cm³/mol. The molecule has 0 heterocycles. The minimum absolute atomic E-state index is 0.0258. The average Bonchev–Trinajstić information content (AvgIpc) is 2.82. The molecule has 0 atom stereocenters. The van der Waals surface area contributed by atoms with Crippen LogP contribution in [-0.4, -0.2) is 48.7 Å². The SMILES string of the molecule is CCOC(=O)C(=O)Nc1ccc(C(=O)Nc2ccc(C(=O)O)cc2OCC(C)C)cc1OCC(C)C. The Kier molecular flexibility index (Phi) is 10.3. The van der Waals surface area contributed by atoms with E-state index in [0.29, 0.717) is 18.9 Å². The molecule has 2 rings (SSSR count). The van der Waals surface area contributed by atoms with E-state index in [4.69, 9.17) is 14.2 Å². The maximum Gasteiger partial charge on any atom is 0.397 e. The van der Waals surface area contributed by atoms with Crippen LogP contribution in [0, 0.1) is 11.8 Å². The molecule has 10 heteroatoms. The van der Waals surface area contributed by atoms with Crippen molar-refractivity contribution in [1.29, 1.82) is 0 Å². The number of carboxylic acid groups (broad SMARTS) is 1.